The van der Waals surface area contributed by atoms with Crippen molar-refractivity contribution in [2.45, 2.75) is 19.7 Å². The van der Waals surface area contributed by atoms with Gasteiger partial charge in [0, 0.05) is 13.0 Å². The Kier molecular flexibility index (Phi) is 3.60. The van der Waals surface area contributed by atoms with Gasteiger partial charge < -0.3 is 10.1 Å². The highest BCUT2D eigenvalue weighted by Crippen LogP contribution is 2.15. The topological polar surface area (TPSA) is 32.3 Å². The lowest BCUT2D eigenvalue weighted by molar-refractivity contribution is -0.125. The maximum atomic E-state index is 11.3. The van der Waals surface area contributed by atoms with Gasteiger partial charge in [-0.2, -0.15) is 0 Å². The Morgan fingerprint density at radius 1 is 1.67 bits per heavy atom. The van der Waals surface area contributed by atoms with Crippen molar-refractivity contribution in [3.8, 4) is 0 Å². The molecule has 68 valence electrons. The van der Waals surface area contributed by atoms with Crippen molar-refractivity contribution in [3.63, 3.8) is 0 Å². The fraction of sp³-hybridized carbons (Fsp3) is 0.875. The van der Waals surface area contributed by atoms with E-state index in [1.165, 1.54) is 0 Å². The lowest BCUT2D eigenvalue weighted by Crippen LogP contribution is -2.42. The van der Waals surface area contributed by atoms with E-state index in [1.807, 2.05) is 0 Å². The van der Waals surface area contributed by atoms with Crippen LogP contribution in [-0.2, 0) is 4.79 Å². The lowest BCUT2D eigenvalue weighted by Gasteiger charge is -2.30. The van der Waals surface area contributed by atoms with Gasteiger partial charge in [0.15, 0.2) is 0 Å². The summed E-state index contributed by atoms with van der Waals surface area (Å²) >= 11 is 0. The van der Waals surface area contributed by atoms with Crippen LogP contribution in [0.1, 0.15) is 12.8 Å². The average Bonchev–Trinajstić information content (AvgIpc) is 2.17. The molecule has 1 rings (SSSR count). The third-order valence-corrected chi connectivity index (χ3v) is 2.57. The zero-order chi connectivity index (χ0) is 8.97. The Morgan fingerprint density at radius 2 is 2.42 bits per heavy atom. The molecule has 1 saturated heterocycles. The van der Waals surface area contributed by atoms with Crippen molar-refractivity contribution in [1.29, 1.82) is 0 Å². The summed E-state index contributed by atoms with van der Waals surface area (Å²) < 4.78 is 0. The molecular weight excluding hydrogens is 151 g/mol. The highest BCUT2D eigenvalue weighted by Gasteiger charge is 2.23. The molecular formula is C8H17BN2O. The van der Waals surface area contributed by atoms with Gasteiger partial charge in [-0.1, -0.05) is 6.82 Å². The minimum atomic E-state index is 0.202. The van der Waals surface area contributed by atoms with Gasteiger partial charge in [-0.05, 0) is 25.9 Å². The number of hydrogen-bond acceptors (Lipinski definition) is 2. The summed E-state index contributed by atoms with van der Waals surface area (Å²) in [4.78, 5) is 13.6. The number of carbonyl (C=O) groups is 1. The average molecular weight is 168 g/mol. The fourth-order valence-corrected chi connectivity index (χ4v) is 1.76. The molecule has 0 spiro atoms. The number of carbonyl (C=O) groups excluding carboxylic acids is 1. The van der Waals surface area contributed by atoms with Crippen molar-refractivity contribution in [2.24, 2.45) is 5.92 Å². The quantitative estimate of drug-likeness (QED) is 0.581. The molecule has 1 N–H and O–H groups in total. The predicted octanol–water partition coefficient (Wildman–Crippen LogP) is -0.156. The Hall–Kier alpha value is -0.505. The molecule has 1 fully saturated rings. The van der Waals surface area contributed by atoms with Crippen LogP contribution in [0.4, 0.5) is 0 Å². The van der Waals surface area contributed by atoms with Crippen molar-refractivity contribution in [1.82, 2.24) is 10.1 Å². The molecule has 1 atom stereocenters. The molecule has 0 aromatic heterocycles. The second-order valence-corrected chi connectivity index (χ2v) is 3.35. The summed E-state index contributed by atoms with van der Waals surface area (Å²) in [6.45, 7) is 4.24. The molecule has 0 bridgehead atoms. The van der Waals surface area contributed by atoms with Crippen LogP contribution in [0.2, 0.25) is 6.82 Å². The number of nitrogens with one attached hydrogen (secondary N) is 1. The summed E-state index contributed by atoms with van der Waals surface area (Å²) in [5, 5.41) is 2.71. The first-order valence-corrected chi connectivity index (χ1v) is 4.72. The second kappa shape index (κ2) is 4.50. The molecule has 4 heteroatoms. The first-order chi connectivity index (χ1) is 5.77. The molecule has 1 heterocycles. The van der Waals surface area contributed by atoms with Gasteiger partial charge in [-0.15, -0.1) is 0 Å². The number of amides is 1. The first kappa shape index (κ1) is 9.58. The Labute approximate surface area is 74.8 Å². The van der Waals surface area contributed by atoms with Crippen LogP contribution in [0.15, 0.2) is 0 Å². The van der Waals surface area contributed by atoms with E-state index in [-0.39, 0.29) is 11.8 Å². The summed E-state index contributed by atoms with van der Waals surface area (Å²) in [7, 11) is 2.78. The Bertz CT molecular complexity index is 163. The van der Waals surface area contributed by atoms with E-state index < -0.39 is 0 Å². The maximum Gasteiger partial charge on any atom is 0.224 e. The maximum absolute atomic E-state index is 11.3. The summed E-state index contributed by atoms with van der Waals surface area (Å²) in [5.74, 6) is 0.428. The van der Waals surface area contributed by atoms with Crippen LogP contribution in [0.25, 0.3) is 0 Å². The van der Waals surface area contributed by atoms with Gasteiger partial charge in [0.1, 0.15) is 0 Å². The second-order valence-electron chi connectivity index (χ2n) is 3.35. The van der Waals surface area contributed by atoms with Crippen molar-refractivity contribution in [2.75, 3.05) is 20.1 Å². The zero-order valence-corrected chi connectivity index (χ0v) is 7.97. The molecule has 1 unspecified atom stereocenters. The Morgan fingerprint density at radius 3 is 3.00 bits per heavy atom. The van der Waals surface area contributed by atoms with Crippen LogP contribution in [0, 0.1) is 5.92 Å². The van der Waals surface area contributed by atoms with Crippen LogP contribution in [-0.4, -0.2) is 38.3 Å². The van der Waals surface area contributed by atoms with Gasteiger partial charge in [-0.25, -0.2) is 0 Å². The van der Waals surface area contributed by atoms with Gasteiger partial charge in [0.2, 0.25) is 13.3 Å². The van der Waals surface area contributed by atoms with Gasteiger partial charge in [0.05, 0.1) is 0 Å². The van der Waals surface area contributed by atoms with Gasteiger partial charge in [0.25, 0.3) is 0 Å². The van der Waals surface area contributed by atoms with Gasteiger partial charge >= 0.3 is 0 Å². The first-order valence-electron chi connectivity index (χ1n) is 4.72. The molecule has 1 aliphatic heterocycles. The zero-order valence-electron chi connectivity index (χ0n) is 7.97. The lowest BCUT2D eigenvalue weighted by atomic mass is 9.87. The molecule has 12 heavy (non-hydrogen) atoms. The number of nitrogens with zero attached hydrogens (tertiary/aromatic N) is 1. The fourth-order valence-electron chi connectivity index (χ4n) is 1.76. The van der Waals surface area contributed by atoms with Crippen LogP contribution in [0.3, 0.4) is 0 Å². The highest BCUT2D eigenvalue weighted by molar-refractivity contribution is 6.29. The van der Waals surface area contributed by atoms with E-state index in [9.17, 15) is 4.79 Å². The largest absolute Gasteiger partial charge is 0.359 e. The molecule has 0 aromatic carbocycles. The van der Waals surface area contributed by atoms with E-state index in [2.05, 4.69) is 17.0 Å². The van der Waals surface area contributed by atoms with Crippen LogP contribution in [0.5, 0.6) is 0 Å². The number of piperidine rings is 1. The minimum Gasteiger partial charge on any atom is -0.359 e. The summed E-state index contributed by atoms with van der Waals surface area (Å²) in [6.07, 6.45) is 2.21. The summed E-state index contributed by atoms with van der Waals surface area (Å²) in [5.41, 5.74) is 0. The molecule has 1 aliphatic rings. The van der Waals surface area contributed by atoms with Crippen molar-refractivity contribution in [3.05, 3.63) is 0 Å². The van der Waals surface area contributed by atoms with E-state index in [0.717, 1.165) is 33.3 Å². The minimum absolute atomic E-state index is 0.202. The third-order valence-electron chi connectivity index (χ3n) is 2.57. The molecule has 1 amide bonds. The smallest absolute Gasteiger partial charge is 0.224 e. The van der Waals surface area contributed by atoms with Crippen LogP contribution < -0.4 is 5.32 Å². The van der Waals surface area contributed by atoms with E-state index in [1.54, 1.807) is 7.05 Å². The third kappa shape index (κ3) is 2.24. The highest BCUT2D eigenvalue weighted by atomic mass is 16.1. The number of rotatable bonds is 2. The van der Waals surface area contributed by atoms with Crippen LogP contribution >= 0.6 is 0 Å². The van der Waals surface area contributed by atoms with Crippen molar-refractivity contribution < 1.29 is 4.79 Å². The standard InChI is InChI=1S/C8H17BN2O/c1-9-11-5-3-4-7(6-11)8(12)10-2/h7,9H,3-6H2,1-2H3,(H,10,12). The number of hydrogen-bond donors (Lipinski definition) is 1. The normalized spacial score (nSPS) is 25.0. The van der Waals surface area contributed by atoms with E-state index >= 15 is 0 Å². The van der Waals surface area contributed by atoms with E-state index in [0.29, 0.717) is 0 Å². The molecule has 0 aliphatic carbocycles. The monoisotopic (exact) mass is 168 g/mol. The molecule has 0 aromatic rings. The molecule has 0 radical (unpaired) electrons. The summed E-state index contributed by atoms with van der Waals surface area (Å²) in [6, 6.07) is 0. The van der Waals surface area contributed by atoms with Gasteiger partial charge in [-0.3, -0.25) is 4.79 Å². The van der Waals surface area contributed by atoms with E-state index in [4.69, 9.17) is 0 Å². The molecule has 3 nitrogen and oxygen atoms in total. The SMILES string of the molecule is CBN1CCCC(C(=O)NC)C1. The van der Waals surface area contributed by atoms with Crippen molar-refractivity contribution >= 4 is 13.3 Å². The Balaban J connectivity index is 2.40. The molecule has 0 saturated carbocycles. The predicted molar refractivity (Wildman–Crippen MR) is 51.4 cm³/mol.